The monoisotopic (exact) mass is 385 g/mol. The Labute approximate surface area is 160 Å². The van der Waals surface area contributed by atoms with E-state index in [2.05, 4.69) is 15.1 Å². The van der Waals surface area contributed by atoms with Gasteiger partial charge in [-0.1, -0.05) is 6.07 Å². The van der Waals surface area contributed by atoms with Gasteiger partial charge in [-0.3, -0.25) is 9.78 Å². The van der Waals surface area contributed by atoms with E-state index in [1.54, 1.807) is 10.9 Å². The molecule has 8 heteroatoms. The van der Waals surface area contributed by atoms with Crippen molar-refractivity contribution in [3.63, 3.8) is 0 Å². The molecule has 1 N–H and O–H groups in total. The summed E-state index contributed by atoms with van der Waals surface area (Å²) in [6.07, 6.45) is 5.58. The minimum absolute atomic E-state index is 0.103. The first-order valence-electron chi connectivity index (χ1n) is 9.78. The van der Waals surface area contributed by atoms with E-state index in [0.29, 0.717) is 29.7 Å². The van der Waals surface area contributed by atoms with Crippen LogP contribution < -0.4 is 5.56 Å². The van der Waals surface area contributed by atoms with Crippen LogP contribution in [0.25, 0.3) is 11.0 Å². The fraction of sp³-hybridized carbons (Fsp3) is 0.500. The average Bonchev–Trinajstić information content (AvgIpc) is 3.06. The Hall–Kier alpha value is -2.64. The summed E-state index contributed by atoms with van der Waals surface area (Å²) >= 11 is 0. The Kier molecular flexibility index (Phi) is 4.03. The third-order valence-electron chi connectivity index (χ3n) is 6.21. The van der Waals surface area contributed by atoms with Crippen LogP contribution in [0.5, 0.6) is 0 Å². The number of aromatic amines is 1. The number of alkyl halides is 2. The van der Waals surface area contributed by atoms with Gasteiger partial charge in [-0.15, -0.1) is 0 Å². The summed E-state index contributed by atoms with van der Waals surface area (Å²) in [5.74, 6) is -1.63. The van der Waals surface area contributed by atoms with E-state index in [1.807, 2.05) is 18.2 Å². The lowest BCUT2D eigenvalue weighted by molar-refractivity contribution is -0.0446. The Balaban J connectivity index is 1.49. The molecule has 0 aromatic carbocycles. The number of aromatic nitrogens is 5. The van der Waals surface area contributed by atoms with Crippen LogP contribution in [0.4, 0.5) is 8.78 Å². The van der Waals surface area contributed by atoms with E-state index >= 15 is 0 Å². The highest BCUT2D eigenvalue weighted by Gasteiger charge is 2.38. The lowest BCUT2D eigenvalue weighted by atomic mass is 9.71. The highest BCUT2D eigenvalue weighted by atomic mass is 19.3. The first-order chi connectivity index (χ1) is 13.5. The molecule has 3 heterocycles. The molecule has 146 valence electrons. The summed E-state index contributed by atoms with van der Waals surface area (Å²) in [4.78, 5) is 24.7. The predicted molar refractivity (Wildman–Crippen MR) is 99.6 cm³/mol. The van der Waals surface area contributed by atoms with Gasteiger partial charge in [0.15, 0.2) is 5.65 Å². The third-order valence-corrected chi connectivity index (χ3v) is 6.21. The average molecular weight is 385 g/mol. The molecule has 2 aliphatic carbocycles. The second-order valence-corrected chi connectivity index (χ2v) is 7.91. The Bertz CT molecular complexity index is 1050. The van der Waals surface area contributed by atoms with Crippen molar-refractivity contribution < 1.29 is 8.78 Å². The minimum atomic E-state index is -2.60. The molecule has 0 bridgehead atoms. The highest BCUT2D eigenvalue weighted by molar-refractivity contribution is 5.73. The SMILES string of the molecule is O=c1[nH]c([C@@H]2CC[C@@H]2c2ccccn2)nc2c1cnn2C1CCC(F)(F)CC1. The first-order valence-corrected chi connectivity index (χ1v) is 9.78. The number of hydrogen-bond acceptors (Lipinski definition) is 4. The molecule has 3 aromatic heterocycles. The number of H-pyrrole nitrogens is 1. The summed E-state index contributed by atoms with van der Waals surface area (Å²) in [5, 5.41) is 4.74. The lowest BCUT2D eigenvalue weighted by Gasteiger charge is -2.35. The van der Waals surface area contributed by atoms with Gasteiger partial charge in [0.05, 0.1) is 12.2 Å². The van der Waals surface area contributed by atoms with Crippen molar-refractivity contribution in [2.75, 3.05) is 0 Å². The largest absolute Gasteiger partial charge is 0.310 e. The van der Waals surface area contributed by atoms with Crippen molar-refractivity contribution in [2.24, 2.45) is 0 Å². The second-order valence-electron chi connectivity index (χ2n) is 7.91. The molecule has 2 atom stereocenters. The quantitative estimate of drug-likeness (QED) is 0.741. The number of hydrogen-bond donors (Lipinski definition) is 1. The van der Waals surface area contributed by atoms with Gasteiger partial charge in [0.2, 0.25) is 5.92 Å². The maximum atomic E-state index is 13.5. The van der Waals surface area contributed by atoms with Crippen LogP contribution in [0.2, 0.25) is 0 Å². The number of nitrogens with zero attached hydrogens (tertiary/aromatic N) is 4. The minimum Gasteiger partial charge on any atom is -0.310 e. The van der Waals surface area contributed by atoms with E-state index in [-0.39, 0.29) is 36.3 Å². The van der Waals surface area contributed by atoms with Crippen LogP contribution in [0, 0.1) is 0 Å². The van der Waals surface area contributed by atoms with Gasteiger partial charge in [-0.05, 0) is 37.8 Å². The molecule has 3 aromatic rings. The number of rotatable bonds is 3. The van der Waals surface area contributed by atoms with Crippen molar-refractivity contribution >= 4 is 11.0 Å². The smallest absolute Gasteiger partial charge is 0.262 e. The summed E-state index contributed by atoms with van der Waals surface area (Å²) in [6.45, 7) is 0. The van der Waals surface area contributed by atoms with Crippen LogP contribution in [-0.4, -0.2) is 30.7 Å². The number of halogens is 2. The van der Waals surface area contributed by atoms with Gasteiger partial charge in [0, 0.05) is 36.6 Å². The van der Waals surface area contributed by atoms with Gasteiger partial charge in [0.1, 0.15) is 11.2 Å². The van der Waals surface area contributed by atoms with Crippen LogP contribution in [0.15, 0.2) is 35.4 Å². The zero-order valence-corrected chi connectivity index (χ0v) is 15.3. The van der Waals surface area contributed by atoms with E-state index < -0.39 is 5.92 Å². The maximum Gasteiger partial charge on any atom is 0.262 e. The predicted octanol–water partition coefficient (Wildman–Crippen LogP) is 3.93. The zero-order chi connectivity index (χ0) is 19.3. The molecular formula is C20H21F2N5O. The molecule has 0 radical (unpaired) electrons. The number of pyridine rings is 1. The number of nitrogens with one attached hydrogen (secondary N) is 1. The molecule has 0 unspecified atom stereocenters. The standard InChI is InChI=1S/C20H21F2N5O/c21-20(22)8-6-12(7-9-20)27-18-15(11-24-27)19(28)26-17(25-18)14-5-4-13(14)16-3-1-2-10-23-16/h1-3,10-14H,4-9H2,(H,25,26,28)/t13-,14+/m0/s1. The fourth-order valence-corrected chi connectivity index (χ4v) is 4.44. The lowest BCUT2D eigenvalue weighted by Crippen LogP contribution is -2.28. The van der Waals surface area contributed by atoms with Gasteiger partial charge in [0.25, 0.3) is 5.56 Å². The molecule has 5 rings (SSSR count). The molecule has 0 spiro atoms. The fourth-order valence-electron chi connectivity index (χ4n) is 4.44. The van der Waals surface area contributed by atoms with Crippen LogP contribution in [-0.2, 0) is 0 Å². The van der Waals surface area contributed by atoms with E-state index in [0.717, 1.165) is 18.5 Å². The van der Waals surface area contributed by atoms with Crippen molar-refractivity contribution in [1.29, 1.82) is 0 Å². The molecule has 2 aliphatic rings. The first kappa shape index (κ1) is 17.5. The van der Waals surface area contributed by atoms with Gasteiger partial charge >= 0.3 is 0 Å². The van der Waals surface area contributed by atoms with Crippen molar-refractivity contribution in [3.05, 3.63) is 52.5 Å². The zero-order valence-electron chi connectivity index (χ0n) is 15.3. The Morgan fingerprint density at radius 3 is 2.57 bits per heavy atom. The number of fused-ring (bicyclic) bond motifs is 1. The Morgan fingerprint density at radius 2 is 1.89 bits per heavy atom. The normalized spacial score (nSPS) is 24.9. The van der Waals surface area contributed by atoms with Crippen molar-refractivity contribution in [2.45, 2.75) is 62.3 Å². The second kappa shape index (κ2) is 6.46. The highest BCUT2D eigenvalue weighted by Crippen LogP contribution is 2.47. The summed E-state index contributed by atoms with van der Waals surface area (Å²) in [6, 6.07) is 5.70. The summed E-state index contributed by atoms with van der Waals surface area (Å²) in [5.41, 5.74) is 1.28. The van der Waals surface area contributed by atoms with Crippen LogP contribution in [0.3, 0.4) is 0 Å². The summed E-state index contributed by atoms with van der Waals surface area (Å²) in [7, 11) is 0. The molecule has 2 fully saturated rings. The van der Waals surface area contributed by atoms with E-state index in [9.17, 15) is 13.6 Å². The summed E-state index contributed by atoms with van der Waals surface area (Å²) < 4.78 is 28.7. The van der Waals surface area contributed by atoms with Crippen molar-refractivity contribution in [3.8, 4) is 0 Å². The van der Waals surface area contributed by atoms with E-state index in [1.165, 1.54) is 6.20 Å². The van der Waals surface area contributed by atoms with Gasteiger partial charge in [-0.25, -0.2) is 18.4 Å². The van der Waals surface area contributed by atoms with Crippen LogP contribution >= 0.6 is 0 Å². The Morgan fingerprint density at radius 1 is 1.11 bits per heavy atom. The molecular weight excluding hydrogens is 364 g/mol. The topological polar surface area (TPSA) is 76.5 Å². The van der Waals surface area contributed by atoms with Crippen molar-refractivity contribution in [1.82, 2.24) is 24.7 Å². The molecule has 0 aliphatic heterocycles. The van der Waals surface area contributed by atoms with Crippen LogP contribution in [0.1, 0.15) is 67.9 Å². The van der Waals surface area contributed by atoms with Gasteiger partial charge < -0.3 is 4.98 Å². The molecule has 28 heavy (non-hydrogen) atoms. The van der Waals surface area contributed by atoms with E-state index in [4.69, 9.17) is 4.98 Å². The molecule has 0 saturated heterocycles. The molecule has 6 nitrogen and oxygen atoms in total. The molecule has 2 saturated carbocycles. The van der Waals surface area contributed by atoms with Gasteiger partial charge in [-0.2, -0.15) is 5.10 Å². The molecule has 0 amide bonds. The third kappa shape index (κ3) is 2.91. The maximum absolute atomic E-state index is 13.5.